The number of nitrogens with zero attached hydrogens (tertiary/aromatic N) is 2. The van der Waals surface area contributed by atoms with Crippen molar-refractivity contribution in [3.8, 4) is 17.9 Å². The molecule has 2 rings (SSSR count). The Morgan fingerprint density at radius 3 is 2.67 bits per heavy atom. The summed E-state index contributed by atoms with van der Waals surface area (Å²) >= 11 is 0. The minimum Gasteiger partial charge on any atom is -0.369 e. The van der Waals surface area contributed by atoms with Crippen LogP contribution in [0.4, 0.5) is 5.69 Å². The van der Waals surface area contributed by atoms with Crippen LogP contribution in [0, 0.1) is 28.6 Å². The molecule has 0 fully saturated rings. The van der Waals surface area contributed by atoms with E-state index < -0.39 is 5.41 Å². The Hall–Kier alpha value is -1.93. The molecule has 2 heteroatoms. The molecule has 1 aromatic rings. The van der Waals surface area contributed by atoms with Gasteiger partial charge in [-0.2, -0.15) is 5.26 Å². The quantitative estimate of drug-likeness (QED) is 0.723. The number of fused-ring (bicyclic) bond motifs is 1. The highest BCUT2D eigenvalue weighted by atomic mass is 15.2. The first-order valence-electron chi connectivity index (χ1n) is 7.77. The monoisotopic (exact) mass is 280 g/mol. The Labute approximate surface area is 128 Å². The molecular formula is C19H24N2. The SMILES string of the molecule is CC(C)N1CCCCc2c(C#CC(C)(C)C#N)cccc21. The number of anilines is 1. The second-order valence-electron chi connectivity index (χ2n) is 6.53. The van der Waals surface area contributed by atoms with Crippen LogP contribution in [0.5, 0.6) is 0 Å². The predicted molar refractivity (Wildman–Crippen MR) is 88.1 cm³/mol. The molecule has 0 N–H and O–H groups in total. The Bertz CT molecular complexity index is 609. The van der Waals surface area contributed by atoms with E-state index in [-0.39, 0.29) is 0 Å². The first-order valence-corrected chi connectivity index (χ1v) is 7.77. The number of nitriles is 1. The van der Waals surface area contributed by atoms with Crippen molar-refractivity contribution in [2.45, 2.75) is 53.0 Å². The molecule has 1 aromatic carbocycles. The van der Waals surface area contributed by atoms with E-state index in [0.717, 1.165) is 18.5 Å². The largest absolute Gasteiger partial charge is 0.369 e. The molecule has 0 aromatic heterocycles. The van der Waals surface area contributed by atoms with E-state index in [4.69, 9.17) is 5.26 Å². The Morgan fingerprint density at radius 2 is 2.00 bits per heavy atom. The molecule has 0 radical (unpaired) electrons. The first-order chi connectivity index (χ1) is 9.94. The number of hydrogen-bond donors (Lipinski definition) is 0. The maximum absolute atomic E-state index is 9.11. The van der Waals surface area contributed by atoms with Crippen molar-refractivity contribution in [3.05, 3.63) is 29.3 Å². The maximum Gasteiger partial charge on any atom is 0.112 e. The fourth-order valence-corrected chi connectivity index (χ4v) is 2.72. The lowest BCUT2D eigenvalue weighted by atomic mass is 9.95. The van der Waals surface area contributed by atoms with E-state index >= 15 is 0 Å². The van der Waals surface area contributed by atoms with E-state index in [9.17, 15) is 0 Å². The van der Waals surface area contributed by atoms with Crippen molar-refractivity contribution in [2.24, 2.45) is 5.41 Å². The molecule has 1 aliphatic rings. The molecule has 1 aliphatic heterocycles. The molecule has 0 saturated heterocycles. The van der Waals surface area contributed by atoms with Crippen LogP contribution in [0.25, 0.3) is 0 Å². The fourth-order valence-electron chi connectivity index (χ4n) is 2.72. The van der Waals surface area contributed by atoms with Crippen LogP contribution in [-0.4, -0.2) is 12.6 Å². The van der Waals surface area contributed by atoms with Crippen molar-refractivity contribution >= 4 is 5.69 Å². The Kier molecular flexibility index (Phi) is 4.59. The van der Waals surface area contributed by atoms with Crippen LogP contribution in [0.3, 0.4) is 0 Å². The molecule has 0 amide bonds. The summed E-state index contributed by atoms with van der Waals surface area (Å²) in [5.74, 6) is 6.36. The van der Waals surface area contributed by atoms with Gasteiger partial charge in [-0.3, -0.25) is 0 Å². The third-order valence-corrected chi connectivity index (χ3v) is 3.95. The summed E-state index contributed by atoms with van der Waals surface area (Å²) in [7, 11) is 0. The minimum absolute atomic E-state index is 0.501. The van der Waals surface area contributed by atoms with Gasteiger partial charge in [0.05, 0.1) is 6.07 Å². The predicted octanol–water partition coefficient (Wildman–Crippen LogP) is 4.14. The minimum atomic E-state index is -0.592. The Balaban J connectivity index is 2.47. The topological polar surface area (TPSA) is 27.0 Å². The second kappa shape index (κ2) is 6.23. The summed E-state index contributed by atoms with van der Waals surface area (Å²) in [6, 6.07) is 9.13. The molecule has 0 saturated carbocycles. The van der Waals surface area contributed by atoms with Gasteiger partial charge in [0, 0.05) is 23.8 Å². The summed E-state index contributed by atoms with van der Waals surface area (Å²) < 4.78 is 0. The van der Waals surface area contributed by atoms with Gasteiger partial charge >= 0.3 is 0 Å². The van der Waals surface area contributed by atoms with E-state index in [1.807, 2.05) is 13.8 Å². The fraction of sp³-hybridized carbons (Fsp3) is 0.526. The first kappa shape index (κ1) is 15.5. The van der Waals surface area contributed by atoms with Gasteiger partial charge in [-0.25, -0.2) is 0 Å². The molecule has 0 atom stereocenters. The average Bonchev–Trinajstić information content (AvgIpc) is 2.67. The van der Waals surface area contributed by atoms with Crippen LogP contribution in [0.15, 0.2) is 18.2 Å². The third kappa shape index (κ3) is 3.59. The highest BCUT2D eigenvalue weighted by Gasteiger charge is 2.19. The average molecular weight is 280 g/mol. The highest BCUT2D eigenvalue weighted by molar-refractivity contribution is 5.62. The lowest BCUT2D eigenvalue weighted by molar-refractivity contribution is 0.652. The molecular weight excluding hydrogens is 256 g/mol. The van der Waals surface area contributed by atoms with Crippen LogP contribution in [-0.2, 0) is 6.42 Å². The van der Waals surface area contributed by atoms with E-state index in [1.165, 1.54) is 24.1 Å². The highest BCUT2D eigenvalue weighted by Crippen LogP contribution is 2.30. The van der Waals surface area contributed by atoms with Gasteiger partial charge in [0.1, 0.15) is 5.41 Å². The molecule has 0 spiro atoms. The molecule has 0 aliphatic carbocycles. The Morgan fingerprint density at radius 1 is 1.24 bits per heavy atom. The van der Waals surface area contributed by atoms with Crippen LogP contribution < -0.4 is 4.90 Å². The molecule has 0 unspecified atom stereocenters. The van der Waals surface area contributed by atoms with Gasteiger partial charge in [0.25, 0.3) is 0 Å². The van der Waals surface area contributed by atoms with Crippen LogP contribution >= 0.6 is 0 Å². The zero-order valence-electron chi connectivity index (χ0n) is 13.5. The van der Waals surface area contributed by atoms with Crippen molar-refractivity contribution in [1.82, 2.24) is 0 Å². The molecule has 1 heterocycles. The lowest BCUT2D eigenvalue weighted by Gasteiger charge is -2.29. The molecule has 110 valence electrons. The summed E-state index contributed by atoms with van der Waals surface area (Å²) in [5.41, 5.74) is 3.17. The van der Waals surface area contributed by atoms with E-state index in [0.29, 0.717) is 6.04 Å². The van der Waals surface area contributed by atoms with Gasteiger partial charge in [0.15, 0.2) is 0 Å². The number of hydrogen-bond acceptors (Lipinski definition) is 2. The molecule has 2 nitrogen and oxygen atoms in total. The number of benzene rings is 1. The van der Waals surface area contributed by atoms with Crippen LogP contribution in [0.2, 0.25) is 0 Å². The summed E-state index contributed by atoms with van der Waals surface area (Å²) in [5, 5.41) is 9.11. The van der Waals surface area contributed by atoms with Crippen molar-refractivity contribution in [1.29, 1.82) is 5.26 Å². The van der Waals surface area contributed by atoms with Gasteiger partial charge in [-0.15, -0.1) is 0 Å². The maximum atomic E-state index is 9.11. The zero-order chi connectivity index (χ0) is 15.5. The van der Waals surface area contributed by atoms with Crippen molar-refractivity contribution in [2.75, 3.05) is 11.4 Å². The smallest absolute Gasteiger partial charge is 0.112 e. The second-order valence-corrected chi connectivity index (χ2v) is 6.53. The molecule has 0 bridgehead atoms. The van der Waals surface area contributed by atoms with Crippen molar-refractivity contribution < 1.29 is 0 Å². The standard InChI is InChI=1S/C19H24N2/c1-15(2)21-13-6-5-9-17-16(8-7-10-18(17)21)11-12-19(3,4)14-20/h7-8,10,15H,5-6,9,13H2,1-4H3. The van der Waals surface area contributed by atoms with Crippen molar-refractivity contribution in [3.63, 3.8) is 0 Å². The lowest BCUT2D eigenvalue weighted by Crippen LogP contribution is -2.31. The van der Waals surface area contributed by atoms with E-state index in [2.05, 4.69) is 54.9 Å². The van der Waals surface area contributed by atoms with Gasteiger partial charge in [0.2, 0.25) is 0 Å². The third-order valence-electron chi connectivity index (χ3n) is 3.95. The van der Waals surface area contributed by atoms with Gasteiger partial charge in [-0.05, 0) is 64.7 Å². The normalized spacial score (nSPS) is 14.8. The summed E-state index contributed by atoms with van der Waals surface area (Å²) in [6.07, 6.45) is 3.51. The number of rotatable bonds is 1. The summed E-state index contributed by atoms with van der Waals surface area (Å²) in [6.45, 7) is 9.33. The molecule has 21 heavy (non-hydrogen) atoms. The zero-order valence-corrected chi connectivity index (χ0v) is 13.5. The van der Waals surface area contributed by atoms with Gasteiger partial charge in [-0.1, -0.05) is 17.9 Å². The van der Waals surface area contributed by atoms with Gasteiger partial charge < -0.3 is 4.90 Å². The summed E-state index contributed by atoms with van der Waals surface area (Å²) in [4.78, 5) is 2.48. The van der Waals surface area contributed by atoms with Crippen LogP contribution in [0.1, 0.15) is 51.7 Å². The van der Waals surface area contributed by atoms with E-state index in [1.54, 1.807) is 0 Å².